The maximum absolute atomic E-state index is 10.9. The second-order valence-electron chi connectivity index (χ2n) is 5.09. The molecule has 0 saturated heterocycles. The standard InChI is InChI=1S/C17H17NO5/c18-15(17(21)22)9-11-4-6-14(7-5-11)23-10-12-2-1-3-13(8-12)16(19)20/h1-8,15H,9-10,18H2,(H,19,20)(H,21,22). The third-order valence-electron chi connectivity index (χ3n) is 3.28. The van der Waals surface area contributed by atoms with Crippen molar-refractivity contribution in [3.05, 3.63) is 65.2 Å². The summed E-state index contributed by atoms with van der Waals surface area (Å²) in [5.74, 6) is -1.41. The van der Waals surface area contributed by atoms with Gasteiger partial charge in [0.2, 0.25) is 0 Å². The van der Waals surface area contributed by atoms with Crippen LogP contribution < -0.4 is 10.5 Å². The SMILES string of the molecule is NC(Cc1ccc(OCc2cccc(C(=O)O)c2)cc1)C(=O)O. The molecular formula is C17H17NO5. The van der Waals surface area contributed by atoms with Crippen LogP contribution >= 0.6 is 0 Å². The van der Waals surface area contributed by atoms with E-state index >= 15 is 0 Å². The molecule has 0 aliphatic rings. The number of hydrogen-bond acceptors (Lipinski definition) is 4. The Morgan fingerprint density at radius 2 is 1.74 bits per heavy atom. The Balaban J connectivity index is 1.95. The summed E-state index contributed by atoms with van der Waals surface area (Å²) in [7, 11) is 0. The highest BCUT2D eigenvalue weighted by Gasteiger charge is 2.11. The summed E-state index contributed by atoms with van der Waals surface area (Å²) >= 11 is 0. The van der Waals surface area contributed by atoms with E-state index in [0.29, 0.717) is 5.75 Å². The molecule has 0 spiro atoms. The molecule has 23 heavy (non-hydrogen) atoms. The van der Waals surface area contributed by atoms with E-state index in [1.807, 2.05) is 0 Å². The lowest BCUT2D eigenvalue weighted by Crippen LogP contribution is -2.32. The van der Waals surface area contributed by atoms with Crippen molar-refractivity contribution < 1.29 is 24.5 Å². The number of carbonyl (C=O) groups is 2. The molecule has 0 saturated carbocycles. The maximum Gasteiger partial charge on any atom is 0.335 e. The molecule has 4 N–H and O–H groups in total. The van der Waals surface area contributed by atoms with Crippen molar-refractivity contribution >= 4 is 11.9 Å². The molecule has 120 valence electrons. The minimum Gasteiger partial charge on any atom is -0.489 e. The van der Waals surface area contributed by atoms with Crippen molar-refractivity contribution in [2.45, 2.75) is 19.1 Å². The van der Waals surface area contributed by atoms with E-state index in [1.54, 1.807) is 42.5 Å². The minimum atomic E-state index is -1.04. The monoisotopic (exact) mass is 315 g/mol. The highest BCUT2D eigenvalue weighted by Crippen LogP contribution is 2.16. The van der Waals surface area contributed by atoms with Gasteiger partial charge in [-0.25, -0.2) is 4.79 Å². The lowest BCUT2D eigenvalue weighted by Gasteiger charge is -2.09. The van der Waals surface area contributed by atoms with Crippen LogP contribution in [0.1, 0.15) is 21.5 Å². The fourth-order valence-corrected chi connectivity index (χ4v) is 2.02. The molecule has 6 heteroatoms. The molecule has 0 bridgehead atoms. The number of aromatic carboxylic acids is 1. The van der Waals surface area contributed by atoms with Crippen molar-refractivity contribution in [2.75, 3.05) is 0 Å². The molecule has 0 aromatic heterocycles. The van der Waals surface area contributed by atoms with E-state index in [2.05, 4.69) is 0 Å². The highest BCUT2D eigenvalue weighted by molar-refractivity contribution is 5.87. The topological polar surface area (TPSA) is 110 Å². The zero-order valence-electron chi connectivity index (χ0n) is 12.3. The summed E-state index contributed by atoms with van der Waals surface area (Å²) in [5, 5.41) is 17.7. The number of carboxylic acids is 2. The first kappa shape index (κ1) is 16.5. The van der Waals surface area contributed by atoms with Gasteiger partial charge in [0.15, 0.2) is 0 Å². The van der Waals surface area contributed by atoms with Crippen LogP contribution in [0.2, 0.25) is 0 Å². The van der Waals surface area contributed by atoms with Crippen LogP contribution in [0.15, 0.2) is 48.5 Å². The van der Waals surface area contributed by atoms with E-state index in [1.165, 1.54) is 6.07 Å². The first-order valence-electron chi connectivity index (χ1n) is 6.98. The van der Waals surface area contributed by atoms with Gasteiger partial charge in [-0.2, -0.15) is 0 Å². The number of hydrogen-bond donors (Lipinski definition) is 3. The van der Waals surface area contributed by atoms with E-state index in [-0.39, 0.29) is 18.6 Å². The third-order valence-corrected chi connectivity index (χ3v) is 3.28. The lowest BCUT2D eigenvalue weighted by atomic mass is 10.1. The minimum absolute atomic E-state index is 0.212. The summed E-state index contributed by atoms with van der Waals surface area (Å²) in [6.45, 7) is 0.245. The third kappa shape index (κ3) is 4.82. The molecule has 0 heterocycles. The van der Waals surface area contributed by atoms with Crippen LogP contribution in [-0.2, 0) is 17.8 Å². The highest BCUT2D eigenvalue weighted by atomic mass is 16.5. The van der Waals surface area contributed by atoms with Gasteiger partial charge in [0.25, 0.3) is 0 Å². The molecule has 0 aliphatic carbocycles. The molecule has 0 radical (unpaired) electrons. The zero-order valence-corrected chi connectivity index (χ0v) is 12.3. The quantitative estimate of drug-likeness (QED) is 0.720. The van der Waals surface area contributed by atoms with Crippen molar-refractivity contribution in [3.63, 3.8) is 0 Å². The Morgan fingerprint density at radius 1 is 1.04 bits per heavy atom. The second kappa shape index (κ2) is 7.42. The average Bonchev–Trinajstić information content (AvgIpc) is 2.54. The summed E-state index contributed by atoms with van der Waals surface area (Å²) in [6.07, 6.45) is 0.246. The Kier molecular flexibility index (Phi) is 5.32. The van der Waals surface area contributed by atoms with E-state index in [0.717, 1.165) is 11.1 Å². The van der Waals surface area contributed by atoms with E-state index in [4.69, 9.17) is 20.7 Å². The number of rotatable bonds is 7. The molecule has 0 amide bonds. The number of nitrogens with two attached hydrogens (primary N) is 1. The van der Waals surface area contributed by atoms with Crippen molar-refractivity contribution in [3.8, 4) is 5.75 Å². The number of benzene rings is 2. The van der Waals surface area contributed by atoms with E-state index < -0.39 is 18.0 Å². The molecule has 2 aromatic rings. The van der Waals surface area contributed by atoms with Gasteiger partial charge in [0.05, 0.1) is 5.56 Å². The van der Waals surface area contributed by atoms with Gasteiger partial charge in [-0.15, -0.1) is 0 Å². The molecule has 1 unspecified atom stereocenters. The van der Waals surface area contributed by atoms with Crippen LogP contribution in [0.3, 0.4) is 0 Å². The number of ether oxygens (including phenoxy) is 1. The first-order chi connectivity index (χ1) is 11.0. The smallest absolute Gasteiger partial charge is 0.335 e. The Morgan fingerprint density at radius 3 is 2.35 bits per heavy atom. The van der Waals surface area contributed by atoms with E-state index in [9.17, 15) is 9.59 Å². The van der Waals surface area contributed by atoms with Gasteiger partial charge < -0.3 is 20.7 Å². The summed E-state index contributed by atoms with van der Waals surface area (Å²) in [4.78, 5) is 21.6. The molecule has 2 aromatic carbocycles. The molecule has 6 nitrogen and oxygen atoms in total. The van der Waals surface area contributed by atoms with Crippen molar-refractivity contribution in [1.82, 2.24) is 0 Å². The second-order valence-corrected chi connectivity index (χ2v) is 5.09. The van der Waals surface area contributed by atoms with Crippen LogP contribution in [0, 0.1) is 0 Å². The largest absolute Gasteiger partial charge is 0.489 e. The summed E-state index contributed by atoms with van der Waals surface area (Å²) < 4.78 is 5.59. The predicted molar refractivity (Wildman–Crippen MR) is 83.5 cm³/mol. The molecule has 0 fully saturated rings. The summed E-state index contributed by atoms with van der Waals surface area (Å²) in [5.41, 5.74) is 7.25. The number of carboxylic acid groups (broad SMARTS) is 2. The molecule has 1 atom stereocenters. The van der Waals surface area contributed by atoms with Crippen LogP contribution in [0.4, 0.5) is 0 Å². The van der Waals surface area contributed by atoms with Crippen molar-refractivity contribution in [1.29, 1.82) is 0 Å². The fraction of sp³-hybridized carbons (Fsp3) is 0.176. The van der Waals surface area contributed by atoms with Crippen LogP contribution in [-0.4, -0.2) is 28.2 Å². The Bertz CT molecular complexity index is 696. The fourth-order valence-electron chi connectivity index (χ4n) is 2.02. The molecule has 2 rings (SSSR count). The predicted octanol–water partition coefficient (Wildman–Crippen LogP) is 1.92. The molecule has 0 aliphatic heterocycles. The maximum atomic E-state index is 10.9. The van der Waals surface area contributed by atoms with Gasteiger partial charge in [0.1, 0.15) is 18.4 Å². The lowest BCUT2D eigenvalue weighted by molar-refractivity contribution is -0.138. The Labute approximate surface area is 133 Å². The van der Waals surface area contributed by atoms with Gasteiger partial charge >= 0.3 is 11.9 Å². The van der Waals surface area contributed by atoms with Crippen LogP contribution in [0.5, 0.6) is 5.75 Å². The normalized spacial score (nSPS) is 11.7. The average molecular weight is 315 g/mol. The summed E-state index contributed by atoms with van der Waals surface area (Å²) in [6, 6.07) is 12.6. The van der Waals surface area contributed by atoms with Gasteiger partial charge in [0, 0.05) is 0 Å². The van der Waals surface area contributed by atoms with Gasteiger partial charge in [-0.3, -0.25) is 4.79 Å². The number of aliphatic carboxylic acids is 1. The van der Waals surface area contributed by atoms with Gasteiger partial charge in [-0.1, -0.05) is 24.3 Å². The Hall–Kier alpha value is -2.86. The first-order valence-corrected chi connectivity index (χ1v) is 6.98. The van der Waals surface area contributed by atoms with Crippen molar-refractivity contribution in [2.24, 2.45) is 5.73 Å². The molecular weight excluding hydrogens is 298 g/mol. The van der Waals surface area contributed by atoms with Gasteiger partial charge in [-0.05, 0) is 41.8 Å². The zero-order chi connectivity index (χ0) is 16.8. The van der Waals surface area contributed by atoms with Crippen LogP contribution in [0.25, 0.3) is 0 Å².